The monoisotopic (exact) mass is 741 g/mol. The molecule has 0 spiro atoms. The molecule has 1 aliphatic heterocycles. The highest BCUT2D eigenvalue weighted by atomic mass is 35.5. The van der Waals surface area contributed by atoms with Crippen LogP contribution in [0, 0.1) is 0 Å². The third-order valence-electron chi connectivity index (χ3n) is 9.03. The molecule has 1 N–H and O–H groups in total. The number of amides is 2. The van der Waals surface area contributed by atoms with Crippen LogP contribution in [0.1, 0.15) is 36.0 Å². The van der Waals surface area contributed by atoms with Gasteiger partial charge in [-0.25, -0.2) is 4.79 Å². The Morgan fingerprint density at radius 3 is 2.25 bits per heavy atom. The number of rotatable bonds is 12. The van der Waals surface area contributed by atoms with Crippen molar-refractivity contribution < 1.29 is 23.5 Å². The van der Waals surface area contributed by atoms with Crippen LogP contribution in [0.25, 0.3) is 5.69 Å². The van der Waals surface area contributed by atoms with Gasteiger partial charge in [-0.3, -0.25) is 19.1 Å². The Hall–Kier alpha value is -4.68. The molecule has 12 heteroatoms. The highest BCUT2D eigenvalue weighted by Gasteiger charge is 2.50. The molecule has 5 aromatic rings. The van der Waals surface area contributed by atoms with E-state index in [1.807, 2.05) is 24.3 Å². The number of carbonyl (C=O) groups is 2. The molecule has 1 fully saturated rings. The first kappa shape index (κ1) is 36.1. The summed E-state index contributed by atoms with van der Waals surface area (Å²) in [6.07, 6.45) is 1.04. The van der Waals surface area contributed by atoms with Gasteiger partial charge >= 0.3 is 6.09 Å². The molecular weight excluding hydrogens is 702 g/mol. The van der Waals surface area contributed by atoms with Gasteiger partial charge in [-0.15, -0.1) is 11.3 Å². The maximum absolute atomic E-state index is 13.9. The number of methoxy groups -OCH3 is 1. The maximum atomic E-state index is 13.9. The van der Waals surface area contributed by atoms with Crippen LogP contribution < -0.4 is 30.9 Å². The first-order valence-corrected chi connectivity index (χ1v) is 19.8. The molecule has 0 bridgehead atoms. The highest BCUT2D eigenvalue weighted by molar-refractivity contribution is 7.18. The number of ether oxygens (including phenoxy) is 2. The predicted molar refractivity (Wildman–Crippen MR) is 205 cm³/mol. The second-order valence-electron chi connectivity index (χ2n) is 13.3. The molecule has 1 atom stereocenters. The fraction of sp³-hybridized carbons (Fsp3) is 0.256. The zero-order valence-corrected chi connectivity index (χ0v) is 31.5. The van der Waals surface area contributed by atoms with Gasteiger partial charge < -0.3 is 19.2 Å². The van der Waals surface area contributed by atoms with Crippen LogP contribution >= 0.6 is 22.9 Å². The Morgan fingerprint density at radius 1 is 0.961 bits per heavy atom. The van der Waals surface area contributed by atoms with Crippen molar-refractivity contribution in [2.45, 2.75) is 38.3 Å². The van der Waals surface area contributed by atoms with E-state index in [1.54, 1.807) is 41.1 Å². The zero-order chi connectivity index (χ0) is 36.2. The van der Waals surface area contributed by atoms with Crippen LogP contribution in [0.2, 0.25) is 9.37 Å². The van der Waals surface area contributed by atoms with Gasteiger partial charge in [-0.2, -0.15) is 0 Å². The molecule has 0 unspecified atom stereocenters. The lowest BCUT2D eigenvalue weighted by atomic mass is 10.2. The molecule has 2 aromatic heterocycles. The van der Waals surface area contributed by atoms with E-state index in [9.17, 15) is 14.4 Å². The normalized spacial score (nSPS) is 14.7. The van der Waals surface area contributed by atoms with E-state index in [1.165, 1.54) is 33.7 Å². The average Bonchev–Trinajstić information content (AvgIpc) is 3.74. The third-order valence-corrected chi connectivity index (χ3v) is 15.3. The minimum atomic E-state index is -2.76. The molecule has 9 nitrogen and oxygen atoms in total. The van der Waals surface area contributed by atoms with Crippen molar-refractivity contribution in [1.29, 1.82) is 0 Å². The number of carbonyl (C=O) groups excluding carboxylic acids is 2. The number of nitrogens with one attached hydrogen (secondary N) is 1. The SMILES string of the molecule is COc1cc(N2C[C@H](CNC(=O)c3ccc(Cl)s3)OC2=O)ccc1-n1cccc(CCO[Si](c2ccccc2)(c2ccccc2)C(C)(C)C)c1=O. The quantitative estimate of drug-likeness (QED) is 0.148. The summed E-state index contributed by atoms with van der Waals surface area (Å²) in [4.78, 5) is 41.2. The largest absolute Gasteiger partial charge is 0.494 e. The summed E-state index contributed by atoms with van der Waals surface area (Å²) in [5.74, 6) is 0.129. The molecule has 1 aliphatic rings. The van der Waals surface area contributed by atoms with Crippen molar-refractivity contribution >= 4 is 59.3 Å². The van der Waals surface area contributed by atoms with Gasteiger partial charge in [0.25, 0.3) is 19.8 Å². The number of benzene rings is 3. The van der Waals surface area contributed by atoms with E-state index < -0.39 is 20.5 Å². The molecule has 0 radical (unpaired) electrons. The fourth-order valence-electron chi connectivity index (χ4n) is 6.60. The van der Waals surface area contributed by atoms with E-state index in [0.29, 0.717) is 44.9 Å². The number of halogens is 1. The Kier molecular flexibility index (Phi) is 10.8. The first-order valence-electron chi connectivity index (χ1n) is 16.7. The Morgan fingerprint density at radius 2 is 1.65 bits per heavy atom. The zero-order valence-electron chi connectivity index (χ0n) is 28.9. The first-order chi connectivity index (χ1) is 24.5. The fourth-order valence-corrected chi connectivity index (χ4v) is 12.1. The van der Waals surface area contributed by atoms with Gasteiger partial charge in [-0.05, 0) is 52.2 Å². The topological polar surface area (TPSA) is 99.1 Å². The second kappa shape index (κ2) is 15.3. The van der Waals surface area contributed by atoms with Crippen molar-refractivity contribution in [3.8, 4) is 11.4 Å². The molecule has 0 saturated carbocycles. The second-order valence-corrected chi connectivity index (χ2v) is 19.3. The van der Waals surface area contributed by atoms with Gasteiger partial charge in [0.2, 0.25) is 0 Å². The lowest BCUT2D eigenvalue weighted by Gasteiger charge is -2.43. The number of cyclic esters (lactones) is 1. The average molecular weight is 742 g/mol. The van der Waals surface area contributed by atoms with Crippen molar-refractivity contribution in [2.24, 2.45) is 0 Å². The van der Waals surface area contributed by atoms with E-state index >= 15 is 0 Å². The molecule has 264 valence electrons. The van der Waals surface area contributed by atoms with Gasteiger partial charge in [-0.1, -0.05) is 99.1 Å². The molecule has 6 rings (SSSR count). The van der Waals surface area contributed by atoms with E-state index in [-0.39, 0.29) is 29.6 Å². The molecule has 1 saturated heterocycles. The van der Waals surface area contributed by atoms with Crippen LogP contribution in [0.3, 0.4) is 0 Å². The number of hydrogen-bond acceptors (Lipinski definition) is 7. The van der Waals surface area contributed by atoms with Gasteiger partial charge in [0.1, 0.15) is 11.9 Å². The highest BCUT2D eigenvalue weighted by Crippen LogP contribution is 2.37. The van der Waals surface area contributed by atoms with Gasteiger partial charge in [0.05, 0.1) is 40.8 Å². The van der Waals surface area contributed by atoms with E-state index in [0.717, 1.165) is 0 Å². The maximum Gasteiger partial charge on any atom is 0.414 e. The van der Waals surface area contributed by atoms with Crippen LogP contribution in [0.5, 0.6) is 5.75 Å². The summed E-state index contributed by atoms with van der Waals surface area (Å²) < 4.78 is 20.4. The molecule has 51 heavy (non-hydrogen) atoms. The number of hydrogen-bond donors (Lipinski definition) is 1. The lowest BCUT2D eigenvalue weighted by Crippen LogP contribution is -2.66. The number of nitrogens with zero attached hydrogens (tertiary/aromatic N) is 2. The molecule has 3 heterocycles. The minimum absolute atomic E-state index is 0.147. The van der Waals surface area contributed by atoms with Crippen LogP contribution in [0.4, 0.5) is 10.5 Å². The summed E-state index contributed by atoms with van der Waals surface area (Å²) in [6.45, 7) is 7.43. The van der Waals surface area contributed by atoms with Crippen LogP contribution in [-0.2, 0) is 15.6 Å². The Bertz CT molecular complexity index is 2030. The minimum Gasteiger partial charge on any atom is -0.494 e. The summed E-state index contributed by atoms with van der Waals surface area (Å²) in [6, 6.07) is 33.0. The predicted octanol–water partition coefficient (Wildman–Crippen LogP) is 6.44. The molecule has 0 aliphatic carbocycles. The number of thiophene rings is 1. The Balaban J connectivity index is 1.19. The summed E-state index contributed by atoms with van der Waals surface area (Å²) in [5, 5.41) is 4.98. The molecule has 3 aromatic carbocycles. The standard InChI is InChI=1S/C39H40ClN3O6SSi/c1-39(2,3)51(30-13-7-5-8-14-30,31-15-9-6-10-16-31)48-23-21-27-12-11-22-42(37(27)45)32-18-17-28(24-33(32)47-4)43-26-29(49-38(43)46)25-41-36(44)34-19-20-35(40)50-34/h5-20,22,24,29H,21,23,25-26H2,1-4H3,(H,41,44)/t29-/m0/s1. The van der Waals surface area contributed by atoms with Crippen molar-refractivity contribution in [3.63, 3.8) is 0 Å². The summed E-state index contributed by atoms with van der Waals surface area (Å²) >= 11 is 7.12. The van der Waals surface area contributed by atoms with E-state index in [2.05, 4.69) is 74.6 Å². The number of aromatic nitrogens is 1. The summed E-state index contributed by atoms with van der Waals surface area (Å²) in [7, 11) is -1.24. The smallest absolute Gasteiger partial charge is 0.414 e. The van der Waals surface area contributed by atoms with Gasteiger partial charge in [0, 0.05) is 24.4 Å². The van der Waals surface area contributed by atoms with Gasteiger partial charge in [0.15, 0.2) is 0 Å². The third kappa shape index (κ3) is 7.52. The van der Waals surface area contributed by atoms with Crippen molar-refractivity contribution in [1.82, 2.24) is 9.88 Å². The van der Waals surface area contributed by atoms with Crippen molar-refractivity contribution in [2.75, 3.05) is 31.7 Å². The Labute approximate surface area is 307 Å². The van der Waals surface area contributed by atoms with Crippen LogP contribution in [-0.4, -0.2) is 57.8 Å². The van der Waals surface area contributed by atoms with E-state index in [4.69, 9.17) is 25.5 Å². The van der Waals surface area contributed by atoms with Crippen LogP contribution in [0.15, 0.2) is 114 Å². The molecule has 2 amide bonds. The number of anilines is 1. The lowest BCUT2D eigenvalue weighted by molar-refractivity contribution is 0.0920. The number of pyridine rings is 1. The van der Waals surface area contributed by atoms with Crippen molar-refractivity contribution in [3.05, 3.63) is 134 Å². The molecular formula is C39H40ClN3O6SSi. The summed E-state index contributed by atoms with van der Waals surface area (Å²) in [5.41, 5.74) is 1.51.